The van der Waals surface area contributed by atoms with Crippen molar-refractivity contribution < 1.29 is 19.1 Å². The number of amides is 3. The summed E-state index contributed by atoms with van der Waals surface area (Å²) in [4.78, 5) is 34.4. The van der Waals surface area contributed by atoms with E-state index in [1.165, 1.54) is 4.90 Å². The molecule has 0 bridgehead atoms. The number of carbonyl (C=O) groups excluding carboxylic acids is 2. The molecule has 0 spiro atoms. The molecule has 3 atom stereocenters. The van der Waals surface area contributed by atoms with E-state index in [2.05, 4.69) is 21.2 Å². The molecule has 3 saturated heterocycles. The van der Waals surface area contributed by atoms with Crippen molar-refractivity contribution >= 4 is 11.9 Å². The molecule has 3 fully saturated rings. The number of nitrogens with zero attached hydrogens (tertiary/aromatic N) is 4. The van der Waals surface area contributed by atoms with Crippen molar-refractivity contribution in [3.05, 3.63) is 59.7 Å². The van der Waals surface area contributed by atoms with E-state index in [0.29, 0.717) is 5.75 Å². The average Bonchev–Trinajstić information content (AvgIpc) is 3.29. The monoisotopic (exact) mass is 479 g/mol. The molecule has 186 valence electrons. The summed E-state index contributed by atoms with van der Waals surface area (Å²) in [5.41, 5.74) is 2.10. The maximum atomic E-state index is 13.6. The van der Waals surface area contributed by atoms with Crippen LogP contribution in [0.3, 0.4) is 0 Å². The number of nitrogens with one attached hydrogen (secondary N) is 1. The molecule has 1 N–H and O–H groups in total. The van der Waals surface area contributed by atoms with E-state index in [1.807, 2.05) is 42.5 Å². The number of urea groups is 1. The Morgan fingerprint density at radius 2 is 1.74 bits per heavy atom. The predicted octanol–water partition coefficient (Wildman–Crippen LogP) is 1.93. The quantitative estimate of drug-likeness (QED) is 0.650. The van der Waals surface area contributed by atoms with E-state index >= 15 is 0 Å². The van der Waals surface area contributed by atoms with Gasteiger partial charge in [-0.2, -0.15) is 0 Å². The van der Waals surface area contributed by atoms with Gasteiger partial charge < -0.3 is 14.4 Å². The molecule has 0 aromatic heterocycles. The highest BCUT2D eigenvalue weighted by Gasteiger charge is 2.55. The van der Waals surface area contributed by atoms with E-state index in [0.717, 1.165) is 49.4 Å². The van der Waals surface area contributed by atoms with Crippen LogP contribution in [0.2, 0.25) is 0 Å². The highest BCUT2D eigenvalue weighted by Crippen LogP contribution is 2.32. The number of rotatable bonds is 7. The second kappa shape index (κ2) is 9.85. The summed E-state index contributed by atoms with van der Waals surface area (Å²) < 4.78 is 10.8. The van der Waals surface area contributed by atoms with Crippen LogP contribution in [-0.4, -0.2) is 90.9 Å². The SMILES string of the molecule is COc1ccc(CCN2CCCN3C4C(=O)N(Cc5ccccc5)C(=O)N(C)C4NC23)cc1OC. The predicted molar refractivity (Wildman–Crippen MR) is 131 cm³/mol. The summed E-state index contributed by atoms with van der Waals surface area (Å²) in [5, 5.41) is 3.58. The zero-order chi connectivity index (χ0) is 24.5. The largest absolute Gasteiger partial charge is 0.493 e. The Morgan fingerprint density at radius 1 is 0.971 bits per heavy atom. The van der Waals surface area contributed by atoms with Crippen LogP contribution in [0.15, 0.2) is 48.5 Å². The minimum absolute atomic E-state index is 0.0882. The van der Waals surface area contributed by atoms with Crippen molar-refractivity contribution in [3.8, 4) is 11.5 Å². The van der Waals surface area contributed by atoms with E-state index in [4.69, 9.17) is 9.47 Å². The van der Waals surface area contributed by atoms with Gasteiger partial charge in [0.1, 0.15) is 18.5 Å². The van der Waals surface area contributed by atoms with Gasteiger partial charge in [-0.15, -0.1) is 0 Å². The lowest BCUT2D eigenvalue weighted by molar-refractivity contribution is -0.140. The van der Waals surface area contributed by atoms with Crippen LogP contribution in [0.4, 0.5) is 4.79 Å². The van der Waals surface area contributed by atoms with Crippen molar-refractivity contribution in [3.63, 3.8) is 0 Å². The van der Waals surface area contributed by atoms with Gasteiger partial charge in [-0.1, -0.05) is 36.4 Å². The molecule has 9 nitrogen and oxygen atoms in total. The third-order valence-electron chi connectivity index (χ3n) is 7.29. The Morgan fingerprint density at radius 3 is 2.49 bits per heavy atom. The molecule has 0 aliphatic carbocycles. The molecule has 9 heteroatoms. The summed E-state index contributed by atoms with van der Waals surface area (Å²) in [7, 11) is 5.06. The number of fused-ring (bicyclic) bond motifs is 3. The number of hydrogen-bond acceptors (Lipinski definition) is 7. The molecule has 35 heavy (non-hydrogen) atoms. The number of likely N-dealkylation sites (N-methyl/N-ethyl adjacent to an activating group) is 1. The van der Waals surface area contributed by atoms with Crippen molar-refractivity contribution in [1.29, 1.82) is 0 Å². The van der Waals surface area contributed by atoms with Crippen molar-refractivity contribution in [2.24, 2.45) is 0 Å². The molecule has 3 aliphatic heterocycles. The first-order valence-corrected chi connectivity index (χ1v) is 12.1. The zero-order valence-corrected chi connectivity index (χ0v) is 20.5. The van der Waals surface area contributed by atoms with E-state index < -0.39 is 6.04 Å². The van der Waals surface area contributed by atoms with Gasteiger partial charge >= 0.3 is 6.03 Å². The number of hydrogen-bond donors (Lipinski definition) is 1. The fraction of sp³-hybridized carbons (Fsp3) is 0.462. The second-order valence-corrected chi connectivity index (χ2v) is 9.30. The van der Waals surface area contributed by atoms with E-state index in [9.17, 15) is 9.59 Å². The topological polar surface area (TPSA) is 77.6 Å². The van der Waals surface area contributed by atoms with Gasteiger partial charge in [0.25, 0.3) is 5.91 Å². The fourth-order valence-electron chi connectivity index (χ4n) is 5.45. The van der Waals surface area contributed by atoms with Gasteiger partial charge in [0, 0.05) is 26.7 Å². The highest BCUT2D eigenvalue weighted by molar-refractivity contribution is 6.00. The average molecular weight is 480 g/mol. The van der Waals surface area contributed by atoms with Crippen LogP contribution >= 0.6 is 0 Å². The molecule has 5 rings (SSSR count). The van der Waals surface area contributed by atoms with Crippen molar-refractivity contribution in [2.45, 2.75) is 37.9 Å². The lowest BCUT2D eigenvalue weighted by atomic mass is 10.1. The van der Waals surface area contributed by atoms with E-state index in [-0.39, 0.29) is 30.9 Å². The standard InChI is InChI=1S/C26H33N5O4/c1-28-23-22(24(32)31(26(28)33)17-19-8-5-4-6-9-19)30-14-7-13-29(25(30)27-23)15-12-18-10-11-20(34-2)21(16-18)35-3/h4-6,8-11,16,22-23,25,27H,7,12-15,17H2,1-3H3. The van der Waals surface area contributed by atoms with Crippen LogP contribution in [0.1, 0.15) is 17.5 Å². The maximum absolute atomic E-state index is 13.6. The minimum atomic E-state index is -0.393. The smallest absolute Gasteiger partial charge is 0.328 e. The number of benzene rings is 2. The minimum Gasteiger partial charge on any atom is -0.493 e. The summed E-state index contributed by atoms with van der Waals surface area (Å²) in [6.07, 6.45) is 1.38. The van der Waals surface area contributed by atoms with Crippen molar-refractivity contribution in [2.75, 3.05) is 40.9 Å². The number of imide groups is 1. The highest BCUT2D eigenvalue weighted by atomic mass is 16.5. The normalized spacial score (nSPS) is 24.9. The Kier molecular flexibility index (Phi) is 6.64. The molecule has 3 unspecified atom stereocenters. The molecule has 2 aromatic rings. The van der Waals surface area contributed by atoms with Crippen LogP contribution in [-0.2, 0) is 17.8 Å². The molecule has 3 heterocycles. The Labute approximate surface area is 206 Å². The molecular formula is C26H33N5O4. The second-order valence-electron chi connectivity index (χ2n) is 9.30. The Hall–Kier alpha value is -3.14. The number of ether oxygens (including phenoxy) is 2. The first-order chi connectivity index (χ1) is 17.0. The molecule has 0 radical (unpaired) electrons. The molecule has 2 aromatic carbocycles. The van der Waals surface area contributed by atoms with Gasteiger partial charge in [-0.3, -0.25) is 24.8 Å². The van der Waals surface area contributed by atoms with Gasteiger partial charge in [0.05, 0.1) is 20.8 Å². The molecule has 3 aliphatic rings. The Balaban J connectivity index is 1.31. The lowest BCUT2D eigenvalue weighted by Gasteiger charge is -2.43. The lowest BCUT2D eigenvalue weighted by Crippen LogP contribution is -2.66. The number of methoxy groups -OCH3 is 2. The van der Waals surface area contributed by atoms with Gasteiger partial charge in [-0.25, -0.2) is 4.79 Å². The Bertz CT molecular complexity index is 1080. The summed E-state index contributed by atoms with van der Waals surface area (Å²) in [6.45, 7) is 2.86. The summed E-state index contributed by atoms with van der Waals surface area (Å²) >= 11 is 0. The first kappa shape index (κ1) is 23.6. The molecule has 0 saturated carbocycles. The van der Waals surface area contributed by atoms with Crippen LogP contribution in [0.25, 0.3) is 0 Å². The van der Waals surface area contributed by atoms with Gasteiger partial charge in [-0.05, 0) is 36.1 Å². The maximum Gasteiger partial charge on any atom is 0.328 e. The van der Waals surface area contributed by atoms with Crippen LogP contribution in [0, 0.1) is 0 Å². The van der Waals surface area contributed by atoms with E-state index in [1.54, 1.807) is 26.2 Å². The third kappa shape index (κ3) is 4.35. The van der Waals surface area contributed by atoms with Gasteiger partial charge in [0.15, 0.2) is 11.5 Å². The fourth-order valence-corrected chi connectivity index (χ4v) is 5.45. The zero-order valence-electron chi connectivity index (χ0n) is 20.5. The van der Waals surface area contributed by atoms with Gasteiger partial charge in [0.2, 0.25) is 0 Å². The summed E-state index contributed by atoms with van der Waals surface area (Å²) in [5.74, 6) is 1.31. The van der Waals surface area contributed by atoms with Crippen LogP contribution < -0.4 is 14.8 Å². The number of carbonyl (C=O) groups is 2. The van der Waals surface area contributed by atoms with Crippen LogP contribution in [0.5, 0.6) is 11.5 Å². The first-order valence-electron chi connectivity index (χ1n) is 12.1. The molecular weight excluding hydrogens is 446 g/mol. The summed E-state index contributed by atoms with van der Waals surface area (Å²) in [6, 6.07) is 15.0. The molecule has 3 amide bonds. The van der Waals surface area contributed by atoms with Crippen molar-refractivity contribution in [1.82, 2.24) is 24.9 Å². The third-order valence-corrected chi connectivity index (χ3v) is 7.29.